The number of benzene rings is 5. The summed E-state index contributed by atoms with van der Waals surface area (Å²) in [6.45, 7) is 5.13. The second kappa shape index (κ2) is 9.88. The lowest BCUT2D eigenvalue weighted by Crippen LogP contribution is -2.62. The van der Waals surface area contributed by atoms with Gasteiger partial charge in [-0.3, -0.25) is 0 Å². The molecule has 0 amide bonds. The summed E-state index contributed by atoms with van der Waals surface area (Å²) in [5.74, 6) is 0. The summed E-state index contributed by atoms with van der Waals surface area (Å²) < 4.78 is 0. The molecule has 5 aromatic carbocycles. The SMILES string of the molecule is CC1(C)Cc2cc3c(cc2C1)N(C1CCCc2ccccc21)c1cccc2c1B3c1cc3c(cc1N2c1ccccc1)CCCC3. The summed E-state index contributed by atoms with van der Waals surface area (Å²) in [4.78, 5) is 5.38. The van der Waals surface area contributed by atoms with Crippen LogP contribution in [0.15, 0.2) is 97.1 Å². The van der Waals surface area contributed by atoms with Crippen molar-refractivity contribution >= 4 is 51.5 Å². The first kappa shape index (κ1) is 26.9. The zero-order valence-corrected chi connectivity index (χ0v) is 27.2. The number of nitrogens with zero attached hydrogens (tertiary/aromatic N) is 2. The fourth-order valence-corrected chi connectivity index (χ4v) is 9.94. The molecular weight excluding hydrogens is 555 g/mol. The van der Waals surface area contributed by atoms with Crippen LogP contribution in [0.5, 0.6) is 0 Å². The monoisotopic (exact) mass is 596 g/mol. The van der Waals surface area contributed by atoms with E-state index < -0.39 is 0 Å². The number of para-hydroxylation sites is 1. The third-order valence-corrected chi connectivity index (χ3v) is 11.8. The minimum absolute atomic E-state index is 0.229. The summed E-state index contributed by atoms with van der Waals surface area (Å²) in [7, 11) is 0. The Kier molecular flexibility index (Phi) is 5.79. The molecule has 0 N–H and O–H groups in total. The minimum atomic E-state index is 0.229. The molecule has 46 heavy (non-hydrogen) atoms. The van der Waals surface area contributed by atoms with Crippen LogP contribution in [0.3, 0.4) is 0 Å². The second-order valence-electron chi connectivity index (χ2n) is 15.4. The number of aryl methyl sites for hydroxylation is 3. The molecule has 2 nitrogen and oxygen atoms in total. The molecule has 5 aliphatic rings. The van der Waals surface area contributed by atoms with E-state index in [1.54, 1.807) is 22.3 Å². The third kappa shape index (κ3) is 3.90. The Balaban J connectivity index is 1.28. The van der Waals surface area contributed by atoms with Crippen molar-refractivity contribution in [2.75, 3.05) is 9.80 Å². The van der Waals surface area contributed by atoms with Crippen LogP contribution in [0.25, 0.3) is 0 Å². The number of hydrogen-bond donors (Lipinski definition) is 0. The Bertz CT molecular complexity index is 2040. The van der Waals surface area contributed by atoms with E-state index >= 15 is 0 Å². The van der Waals surface area contributed by atoms with Crippen LogP contribution in [-0.4, -0.2) is 6.71 Å². The summed E-state index contributed by atoms with van der Waals surface area (Å²) >= 11 is 0. The van der Waals surface area contributed by atoms with Gasteiger partial charge in [0, 0.05) is 28.4 Å². The van der Waals surface area contributed by atoms with E-state index in [9.17, 15) is 0 Å². The lowest BCUT2D eigenvalue weighted by molar-refractivity contribution is 0.392. The van der Waals surface area contributed by atoms with Gasteiger partial charge in [-0.15, -0.1) is 0 Å². The zero-order chi connectivity index (χ0) is 30.6. The first-order valence-electron chi connectivity index (χ1n) is 17.7. The molecule has 0 aromatic heterocycles. The van der Waals surface area contributed by atoms with Crippen LogP contribution in [0.2, 0.25) is 0 Å². The van der Waals surface area contributed by atoms with Gasteiger partial charge in [0.1, 0.15) is 0 Å². The van der Waals surface area contributed by atoms with Gasteiger partial charge in [-0.2, -0.15) is 0 Å². The Hall–Kier alpha value is -4.24. The van der Waals surface area contributed by atoms with Crippen molar-refractivity contribution in [1.82, 2.24) is 0 Å². The van der Waals surface area contributed by atoms with E-state index in [0.717, 1.165) is 12.8 Å². The highest BCUT2D eigenvalue weighted by atomic mass is 15.2. The van der Waals surface area contributed by atoms with Gasteiger partial charge >= 0.3 is 0 Å². The molecule has 10 rings (SSSR count). The number of fused-ring (bicyclic) bond motifs is 7. The molecule has 5 aromatic rings. The van der Waals surface area contributed by atoms with Gasteiger partial charge in [-0.1, -0.05) is 74.5 Å². The molecule has 3 heteroatoms. The molecule has 2 heterocycles. The maximum atomic E-state index is 2.79. The molecule has 0 saturated heterocycles. The van der Waals surface area contributed by atoms with Crippen LogP contribution < -0.4 is 26.2 Å². The van der Waals surface area contributed by atoms with Gasteiger partial charge in [-0.25, -0.2) is 0 Å². The molecule has 226 valence electrons. The van der Waals surface area contributed by atoms with E-state index in [2.05, 4.69) is 121 Å². The van der Waals surface area contributed by atoms with Crippen molar-refractivity contribution < 1.29 is 0 Å². The first-order valence-corrected chi connectivity index (χ1v) is 17.7. The molecule has 0 saturated carbocycles. The largest absolute Gasteiger partial charge is 0.335 e. The van der Waals surface area contributed by atoms with Crippen LogP contribution in [0, 0.1) is 5.41 Å². The number of rotatable bonds is 2. The highest BCUT2D eigenvalue weighted by Crippen LogP contribution is 2.48. The predicted octanol–water partition coefficient (Wildman–Crippen LogP) is 8.52. The summed E-state index contributed by atoms with van der Waals surface area (Å²) in [6.07, 6.45) is 10.9. The second-order valence-corrected chi connectivity index (χ2v) is 15.4. The van der Waals surface area contributed by atoms with Crippen LogP contribution in [0.4, 0.5) is 28.4 Å². The Labute approximate surface area is 274 Å². The molecule has 0 bridgehead atoms. The molecule has 1 atom stereocenters. The van der Waals surface area contributed by atoms with E-state index in [0.29, 0.717) is 11.5 Å². The topological polar surface area (TPSA) is 6.48 Å². The van der Waals surface area contributed by atoms with Gasteiger partial charge in [0.15, 0.2) is 0 Å². The lowest BCUT2D eigenvalue weighted by Gasteiger charge is -2.48. The van der Waals surface area contributed by atoms with Crippen molar-refractivity contribution in [3.63, 3.8) is 0 Å². The van der Waals surface area contributed by atoms with Gasteiger partial charge in [0.2, 0.25) is 0 Å². The standard InChI is InChI=1S/C43H41BN2/c1-43(2)26-31-23-36-41(25-32(31)27-43)46(37-19-10-15-28-12-8-9-18-34(28)37)39-21-11-20-38-42(39)44(36)35-22-29-13-6-7-14-30(29)24-40(35)45(38)33-16-4-3-5-17-33/h3-5,8-9,11-12,16-18,20-25,37H,6-7,10,13-15,19,26-27H2,1-2H3. The van der Waals surface area contributed by atoms with Gasteiger partial charge in [0.05, 0.1) is 6.04 Å². The van der Waals surface area contributed by atoms with Crippen LogP contribution in [-0.2, 0) is 32.1 Å². The highest BCUT2D eigenvalue weighted by molar-refractivity contribution is 7.00. The molecule has 0 fully saturated rings. The average Bonchev–Trinajstić information content (AvgIpc) is 3.39. The van der Waals surface area contributed by atoms with Crippen molar-refractivity contribution in [2.24, 2.45) is 5.41 Å². The summed E-state index contributed by atoms with van der Waals surface area (Å²) in [5, 5.41) is 0. The maximum absolute atomic E-state index is 2.79. The van der Waals surface area contributed by atoms with E-state index in [1.165, 1.54) is 101 Å². The van der Waals surface area contributed by atoms with Gasteiger partial charge in [0.25, 0.3) is 6.71 Å². The number of anilines is 5. The maximum Gasteiger partial charge on any atom is 0.252 e. The molecule has 0 spiro atoms. The van der Waals surface area contributed by atoms with Gasteiger partial charge in [-0.05, 0) is 149 Å². The van der Waals surface area contributed by atoms with E-state index in [4.69, 9.17) is 0 Å². The average molecular weight is 597 g/mol. The predicted molar refractivity (Wildman–Crippen MR) is 194 cm³/mol. The molecule has 3 aliphatic carbocycles. The minimum Gasteiger partial charge on any atom is -0.335 e. The van der Waals surface area contributed by atoms with Crippen molar-refractivity contribution in [1.29, 1.82) is 0 Å². The molecular formula is C43H41BN2. The smallest absolute Gasteiger partial charge is 0.252 e. The van der Waals surface area contributed by atoms with E-state index in [-0.39, 0.29) is 6.71 Å². The molecule has 2 aliphatic heterocycles. The zero-order valence-electron chi connectivity index (χ0n) is 27.2. The number of hydrogen-bond acceptors (Lipinski definition) is 2. The Morgan fingerprint density at radius 1 is 0.587 bits per heavy atom. The third-order valence-electron chi connectivity index (χ3n) is 11.8. The van der Waals surface area contributed by atoms with Crippen molar-refractivity contribution in [2.45, 2.75) is 77.7 Å². The summed E-state index contributed by atoms with van der Waals surface area (Å²) in [5.41, 5.74) is 20.9. The van der Waals surface area contributed by atoms with Gasteiger partial charge < -0.3 is 9.80 Å². The van der Waals surface area contributed by atoms with Crippen LogP contribution >= 0.6 is 0 Å². The van der Waals surface area contributed by atoms with E-state index in [1.807, 2.05) is 0 Å². The highest BCUT2D eigenvalue weighted by Gasteiger charge is 2.46. The normalized spacial score (nSPS) is 19.9. The lowest BCUT2D eigenvalue weighted by atomic mass is 9.33. The Morgan fingerprint density at radius 2 is 1.24 bits per heavy atom. The fourth-order valence-electron chi connectivity index (χ4n) is 9.94. The molecule has 1 unspecified atom stereocenters. The quantitative estimate of drug-likeness (QED) is 0.185. The van der Waals surface area contributed by atoms with Crippen molar-refractivity contribution in [3.05, 3.63) is 130 Å². The Morgan fingerprint density at radius 3 is 2.09 bits per heavy atom. The molecule has 0 radical (unpaired) electrons. The summed E-state index contributed by atoms with van der Waals surface area (Å²) in [6, 6.07) is 38.4. The fraction of sp³-hybridized carbons (Fsp3) is 0.302. The first-order chi connectivity index (χ1) is 22.5. The van der Waals surface area contributed by atoms with Crippen LogP contribution in [0.1, 0.15) is 79.0 Å². The van der Waals surface area contributed by atoms with Crippen molar-refractivity contribution in [3.8, 4) is 0 Å².